The van der Waals surface area contributed by atoms with Crippen molar-refractivity contribution in [1.82, 2.24) is 15.3 Å². The van der Waals surface area contributed by atoms with Crippen molar-refractivity contribution < 1.29 is 4.74 Å². The zero-order valence-electron chi connectivity index (χ0n) is 23.3. The maximum absolute atomic E-state index is 5.36. The minimum absolute atomic E-state index is 0.0508. The van der Waals surface area contributed by atoms with Gasteiger partial charge in [-0.25, -0.2) is 9.97 Å². The number of hydrogen-bond donors (Lipinski definition) is 2. The van der Waals surface area contributed by atoms with E-state index in [1.807, 2.05) is 17.8 Å². The molecule has 0 aliphatic carbocycles. The number of hydrogen-bond acceptors (Lipinski definition) is 6. The van der Waals surface area contributed by atoms with Gasteiger partial charge in [0.15, 0.2) is 0 Å². The van der Waals surface area contributed by atoms with Crippen molar-refractivity contribution in [2.75, 3.05) is 16.8 Å². The number of thioether (sulfide) groups is 1. The highest BCUT2D eigenvalue weighted by Gasteiger charge is 2.17. The first-order valence-electron chi connectivity index (χ1n) is 14.0. The minimum atomic E-state index is 0.0508. The predicted molar refractivity (Wildman–Crippen MR) is 157 cm³/mol. The van der Waals surface area contributed by atoms with Crippen molar-refractivity contribution in [3.05, 3.63) is 54.5 Å². The van der Waals surface area contributed by atoms with Gasteiger partial charge in [-0.2, -0.15) is 11.8 Å². The summed E-state index contributed by atoms with van der Waals surface area (Å²) in [6.45, 7) is 11.8. The average molecular weight is 515 g/mol. The lowest BCUT2D eigenvalue weighted by Crippen LogP contribution is -2.32. The lowest BCUT2D eigenvalue weighted by molar-refractivity contribution is 0.379. The fourth-order valence-electron chi connectivity index (χ4n) is 4.43. The summed E-state index contributed by atoms with van der Waals surface area (Å²) in [5, 5.41) is 6.68. The fraction of sp³-hybridized carbons (Fsp3) is 0.667. The molecule has 0 amide bonds. The number of ether oxygens (including phenoxy) is 1. The molecule has 36 heavy (non-hydrogen) atoms. The van der Waals surface area contributed by atoms with Gasteiger partial charge in [-0.1, -0.05) is 84.3 Å². The summed E-state index contributed by atoms with van der Waals surface area (Å²) in [4.78, 5) is 8.61. The molecule has 1 aromatic rings. The molecule has 0 saturated heterocycles. The number of nitrogens with one attached hydrogen (secondary N) is 2. The number of rotatable bonds is 19. The van der Waals surface area contributed by atoms with E-state index in [9.17, 15) is 0 Å². The summed E-state index contributed by atoms with van der Waals surface area (Å²) < 4.78 is 5.36. The second kappa shape index (κ2) is 18.3. The van der Waals surface area contributed by atoms with Crippen LogP contribution in [0.25, 0.3) is 0 Å². The average Bonchev–Trinajstić information content (AvgIpc) is 2.87. The smallest absolute Gasteiger partial charge is 0.223 e. The maximum atomic E-state index is 5.36. The van der Waals surface area contributed by atoms with Gasteiger partial charge in [0, 0.05) is 30.1 Å². The number of nitrogens with zero attached hydrogens (tertiary/aromatic N) is 2. The van der Waals surface area contributed by atoms with Crippen molar-refractivity contribution in [1.29, 1.82) is 0 Å². The molecule has 0 spiro atoms. The van der Waals surface area contributed by atoms with Crippen LogP contribution in [-0.2, 0) is 4.74 Å². The minimum Gasteiger partial charge on any atom is -0.469 e. The zero-order valence-corrected chi connectivity index (χ0v) is 24.2. The summed E-state index contributed by atoms with van der Waals surface area (Å²) in [5.74, 6) is 5.11. The Bertz CT molecular complexity index is 793. The van der Waals surface area contributed by atoms with Crippen LogP contribution in [0.2, 0.25) is 0 Å². The van der Waals surface area contributed by atoms with E-state index in [1.54, 1.807) is 31.1 Å². The van der Waals surface area contributed by atoms with Crippen LogP contribution in [0, 0.1) is 17.8 Å². The highest BCUT2D eigenvalue weighted by Crippen LogP contribution is 2.22. The summed E-state index contributed by atoms with van der Waals surface area (Å²) in [6, 6.07) is 1.87. The fourth-order valence-corrected chi connectivity index (χ4v) is 5.47. The van der Waals surface area contributed by atoms with E-state index in [1.165, 1.54) is 63.4 Å². The van der Waals surface area contributed by atoms with Crippen LogP contribution in [-0.4, -0.2) is 27.5 Å². The lowest BCUT2D eigenvalue weighted by atomic mass is 9.91. The van der Waals surface area contributed by atoms with E-state index >= 15 is 0 Å². The molecule has 2 heterocycles. The van der Waals surface area contributed by atoms with Gasteiger partial charge < -0.3 is 15.4 Å². The van der Waals surface area contributed by atoms with E-state index < -0.39 is 0 Å². The molecule has 0 radical (unpaired) electrons. The molecule has 5 nitrogen and oxygen atoms in total. The van der Waals surface area contributed by atoms with Crippen molar-refractivity contribution >= 4 is 17.7 Å². The van der Waals surface area contributed by atoms with Crippen LogP contribution in [0.1, 0.15) is 92.4 Å². The van der Waals surface area contributed by atoms with E-state index in [0.717, 1.165) is 35.0 Å². The molecule has 1 aliphatic rings. The van der Waals surface area contributed by atoms with Crippen molar-refractivity contribution in [2.24, 2.45) is 17.8 Å². The summed E-state index contributed by atoms with van der Waals surface area (Å²) in [7, 11) is 0. The molecule has 1 aromatic heterocycles. The Morgan fingerprint density at radius 3 is 2.31 bits per heavy atom. The third-order valence-corrected chi connectivity index (χ3v) is 7.78. The van der Waals surface area contributed by atoms with Crippen LogP contribution in [0.3, 0.4) is 0 Å². The monoisotopic (exact) mass is 514 g/mol. The van der Waals surface area contributed by atoms with E-state index in [-0.39, 0.29) is 6.04 Å². The molecule has 3 unspecified atom stereocenters. The molecule has 0 bridgehead atoms. The first-order valence-corrected chi connectivity index (χ1v) is 15.1. The Kier molecular flexibility index (Phi) is 15.4. The summed E-state index contributed by atoms with van der Waals surface area (Å²) in [5.41, 5.74) is 2.49. The van der Waals surface area contributed by atoms with Gasteiger partial charge in [0.05, 0.1) is 11.7 Å². The van der Waals surface area contributed by atoms with Crippen LogP contribution >= 0.6 is 11.8 Å². The zero-order chi connectivity index (χ0) is 26.0. The summed E-state index contributed by atoms with van der Waals surface area (Å²) in [6.07, 6.45) is 23.3. The molecule has 202 valence electrons. The first-order chi connectivity index (χ1) is 17.4. The lowest BCUT2D eigenvalue weighted by Gasteiger charge is -2.22. The van der Waals surface area contributed by atoms with Crippen LogP contribution < -0.4 is 10.6 Å². The summed E-state index contributed by atoms with van der Waals surface area (Å²) >= 11 is 1.91. The molecule has 2 N–H and O–H groups in total. The van der Waals surface area contributed by atoms with E-state index in [0.29, 0.717) is 5.95 Å². The largest absolute Gasteiger partial charge is 0.469 e. The van der Waals surface area contributed by atoms with Crippen molar-refractivity contribution in [3.63, 3.8) is 0 Å². The normalized spacial score (nSPS) is 16.2. The molecule has 3 atom stereocenters. The molecule has 0 fully saturated rings. The SMILES string of the molecule is C/C(=C\CSCC(Nc1ncccn1)C1=COC=CN1)CCCC(C)CCCC(C)CCCC(C)C. The molecule has 2 rings (SSSR count). The Morgan fingerprint density at radius 2 is 1.67 bits per heavy atom. The Morgan fingerprint density at radius 1 is 1.00 bits per heavy atom. The number of aromatic nitrogens is 2. The Balaban J connectivity index is 1.60. The van der Waals surface area contributed by atoms with Crippen LogP contribution in [0.4, 0.5) is 5.95 Å². The third-order valence-electron chi connectivity index (χ3n) is 6.81. The topological polar surface area (TPSA) is 59.1 Å². The molecular formula is C30H50N4OS. The van der Waals surface area contributed by atoms with E-state index in [2.05, 4.69) is 61.3 Å². The standard InChI is InChI=1S/C30H50N4OS/c1-24(2)10-6-11-25(3)12-7-13-26(4)14-8-15-27(5)16-21-36-23-29(28-22-35-20-19-31-28)34-30-32-17-9-18-33-30/h9,16-20,22,24-26,29,31H,6-8,10-15,21,23H2,1-5H3,(H,32,33,34)/b27-16+. The molecule has 6 heteroatoms. The highest BCUT2D eigenvalue weighted by molar-refractivity contribution is 7.99. The van der Waals surface area contributed by atoms with Gasteiger partial charge in [0.1, 0.15) is 12.5 Å². The first kappa shape index (κ1) is 30.3. The van der Waals surface area contributed by atoms with Gasteiger partial charge in [0.25, 0.3) is 0 Å². The molecule has 0 saturated carbocycles. The second-order valence-corrected chi connectivity index (χ2v) is 11.9. The number of anilines is 1. The van der Waals surface area contributed by atoms with Crippen LogP contribution in [0.5, 0.6) is 0 Å². The second-order valence-electron chi connectivity index (χ2n) is 10.9. The Labute approximate surface area is 225 Å². The van der Waals surface area contributed by atoms with Gasteiger partial charge in [-0.05, 0) is 43.6 Å². The quantitative estimate of drug-likeness (QED) is 0.143. The van der Waals surface area contributed by atoms with Gasteiger partial charge >= 0.3 is 0 Å². The molecule has 0 aromatic carbocycles. The number of allylic oxidation sites excluding steroid dienone is 1. The molecular weight excluding hydrogens is 464 g/mol. The van der Waals surface area contributed by atoms with Crippen LogP contribution in [0.15, 0.2) is 54.5 Å². The van der Waals surface area contributed by atoms with Crippen molar-refractivity contribution in [2.45, 2.75) is 98.4 Å². The van der Waals surface area contributed by atoms with Gasteiger partial charge in [0.2, 0.25) is 5.95 Å². The maximum Gasteiger partial charge on any atom is 0.223 e. The Hall–Kier alpha value is -1.95. The van der Waals surface area contributed by atoms with Gasteiger partial charge in [-0.3, -0.25) is 0 Å². The highest BCUT2D eigenvalue weighted by atomic mass is 32.2. The molecule has 1 aliphatic heterocycles. The van der Waals surface area contributed by atoms with Crippen molar-refractivity contribution in [3.8, 4) is 0 Å². The third kappa shape index (κ3) is 14.0. The predicted octanol–water partition coefficient (Wildman–Crippen LogP) is 8.31. The van der Waals surface area contributed by atoms with Gasteiger partial charge in [-0.15, -0.1) is 0 Å². The van der Waals surface area contributed by atoms with E-state index in [4.69, 9.17) is 4.74 Å².